The van der Waals surface area contributed by atoms with Crippen molar-refractivity contribution in [1.82, 2.24) is 10.1 Å². The molecule has 0 amide bonds. The second-order valence-electron chi connectivity index (χ2n) is 2.67. The summed E-state index contributed by atoms with van der Waals surface area (Å²) in [7, 11) is 0. The first-order valence-corrected chi connectivity index (χ1v) is 5.07. The molecule has 0 aromatic carbocycles. The van der Waals surface area contributed by atoms with Crippen LogP contribution in [0.4, 0.5) is 5.69 Å². The van der Waals surface area contributed by atoms with Crippen LogP contribution in [-0.2, 0) is 5.75 Å². The predicted octanol–water partition coefficient (Wildman–Crippen LogP) is 1.94. The zero-order chi connectivity index (χ0) is 9.80. The smallest absolute Gasteiger partial charge is 0.146 e. The number of hydrogen-bond acceptors (Lipinski definition) is 5. The van der Waals surface area contributed by atoms with Crippen molar-refractivity contribution in [1.29, 1.82) is 0 Å². The van der Waals surface area contributed by atoms with Crippen molar-refractivity contribution in [3.05, 3.63) is 36.4 Å². The molecule has 0 saturated heterocycles. The monoisotopic (exact) mass is 207 g/mol. The van der Waals surface area contributed by atoms with Crippen molar-refractivity contribution < 1.29 is 4.52 Å². The minimum absolute atomic E-state index is 0.692. The van der Waals surface area contributed by atoms with Gasteiger partial charge in [-0.2, -0.15) is 0 Å². The summed E-state index contributed by atoms with van der Waals surface area (Å²) in [4.78, 5) is 4.15. The molecule has 0 aliphatic carbocycles. The van der Waals surface area contributed by atoms with E-state index >= 15 is 0 Å². The third-order valence-corrected chi connectivity index (χ3v) is 2.69. The van der Waals surface area contributed by atoms with Crippen molar-refractivity contribution in [3.63, 3.8) is 0 Å². The highest BCUT2D eigenvalue weighted by atomic mass is 32.2. The van der Waals surface area contributed by atoms with Gasteiger partial charge in [0.1, 0.15) is 10.8 Å². The average Bonchev–Trinajstić information content (AvgIpc) is 2.69. The van der Waals surface area contributed by atoms with Gasteiger partial charge in [-0.1, -0.05) is 16.9 Å². The van der Waals surface area contributed by atoms with E-state index in [4.69, 9.17) is 10.3 Å². The molecule has 2 rings (SSSR count). The summed E-state index contributed by atoms with van der Waals surface area (Å²) in [6, 6.07) is 5.47. The molecule has 0 bridgehead atoms. The number of rotatable bonds is 3. The van der Waals surface area contributed by atoms with Gasteiger partial charge in [-0.15, -0.1) is 0 Å². The molecule has 2 N–H and O–H groups in total. The van der Waals surface area contributed by atoms with E-state index in [1.807, 2.05) is 18.2 Å². The van der Waals surface area contributed by atoms with Crippen LogP contribution in [0.1, 0.15) is 5.76 Å². The lowest BCUT2D eigenvalue weighted by molar-refractivity contribution is 0.395. The Morgan fingerprint density at radius 3 is 3.00 bits per heavy atom. The van der Waals surface area contributed by atoms with Crippen LogP contribution in [0.3, 0.4) is 0 Å². The van der Waals surface area contributed by atoms with Gasteiger partial charge >= 0.3 is 0 Å². The van der Waals surface area contributed by atoms with E-state index in [0.717, 1.165) is 10.8 Å². The quantitative estimate of drug-likeness (QED) is 0.779. The molecule has 2 aromatic heterocycles. The molecule has 2 aromatic rings. The summed E-state index contributed by atoms with van der Waals surface area (Å²) in [6.45, 7) is 0. The fourth-order valence-electron chi connectivity index (χ4n) is 0.980. The van der Waals surface area contributed by atoms with Crippen molar-refractivity contribution in [2.75, 3.05) is 5.73 Å². The maximum atomic E-state index is 5.73. The molecule has 0 atom stereocenters. The average molecular weight is 207 g/mol. The molecule has 0 radical (unpaired) electrons. The zero-order valence-electron chi connectivity index (χ0n) is 7.38. The van der Waals surface area contributed by atoms with Gasteiger partial charge in [0.15, 0.2) is 0 Å². The summed E-state index contributed by atoms with van der Waals surface area (Å²) in [5.41, 5.74) is 6.42. The molecule has 14 heavy (non-hydrogen) atoms. The number of nitrogens with zero attached hydrogens (tertiary/aromatic N) is 2. The fourth-order valence-corrected chi connectivity index (χ4v) is 1.78. The maximum absolute atomic E-state index is 5.73. The molecule has 5 heteroatoms. The largest absolute Gasteiger partial charge is 0.397 e. The topological polar surface area (TPSA) is 64.9 Å². The highest BCUT2D eigenvalue weighted by Gasteiger charge is 2.02. The lowest BCUT2D eigenvalue weighted by Crippen LogP contribution is -1.90. The molecule has 0 saturated carbocycles. The predicted molar refractivity (Wildman–Crippen MR) is 54.7 cm³/mol. The Hall–Kier alpha value is -1.49. The Bertz CT molecular complexity index is 402. The minimum atomic E-state index is 0.692. The van der Waals surface area contributed by atoms with Crippen LogP contribution in [0.2, 0.25) is 0 Å². The van der Waals surface area contributed by atoms with Crippen LogP contribution in [0.5, 0.6) is 0 Å². The summed E-state index contributed by atoms with van der Waals surface area (Å²) < 4.78 is 4.96. The summed E-state index contributed by atoms with van der Waals surface area (Å²) in [5.74, 6) is 1.52. The van der Waals surface area contributed by atoms with Gasteiger partial charge in [-0.25, -0.2) is 4.98 Å². The Labute approximate surface area is 85.5 Å². The number of anilines is 1. The second-order valence-corrected chi connectivity index (χ2v) is 3.63. The van der Waals surface area contributed by atoms with Gasteiger partial charge in [0.2, 0.25) is 0 Å². The fraction of sp³-hybridized carbons (Fsp3) is 0.111. The highest BCUT2D eigenvalue weighted by Crippen LogP contribution is 2.24. The van der Waals surface area contributed by atoms with E-state index in [1.165, 1.54) is 11.8 Å². The molecule has 2 heterocycles. The number of nitrogens with two attached hydrogens (primary N) is 1. The lowest BCUT2D eigenvalue weighted by atomic mass is 10.4. The third kappa shape index (κ3) is 2.05. The molecule has 72 valence electrons. The van der Waals surface area contributed by atoms with Crippen LogP contribution < -0.4 is 5.73 Å². The van der Waals surface area contributed by atoms with Crippen LogP contribution in [-0.4, -0.2) is 10.1 Å². The number of pyridine rings is 1. The molecule has 0 spiro atoms. The summed E-state index contributed by atoms with van der Waals surface area (Å²) >= 11 is 1.53. The van der Waals surface area contributed by atoms with Crippen molar-refractivity contribution in [2.45, 2.75) is 10.8 Å². The first-order chi connectivity index (χ1) is 6.86. The van der Waals surface area contributed by atoms with Gasteiger partial charge in [-0.3, -0.25) is 0 Å². The highest BCUT2D eigenvalue weighted by molar-refractivity contribution is 7.98. The molecular formula is C9H9N3OS. The molecular weight excluding hydrogens is 198 g/mol. The second kappa shape index (κ2) is 4.15. The molecule has 0 aliphatic heterocycles. The molecule has 4 nitrogen and oxygen atoms in total. The Balaban J connectivity index is 2.02. The van der Waals surface area contributed by atoms with E-state index in [9.17, 15) is 0 Å². The van der Waals surface area contributed by atoms with Crippen LogP contribution in [0.15, 0.2) is 40.1 Å². The molecule has 0 aliphatic rings. The Morgan fingerprint density at radius 1 is 1.36 bits per heavy atom. The van der Waals surface area contributed by atoms with Crippen molar-refractivity contribution in [3.8, 4) is 0 Å². The maximum Gasteiger partial charge on any atom is 0.146 e. The molecule has 0 fully saturated rings. The van der Waals surface area contributed by atoms with Crippen LogP contribution >= 0.6 is 11.8 Å². The Kier molecular flexibility index (Phi) is 2.69. The Morgan fingerprint density at radius 2 is 2.29 bits per heavy atom. The van der Waals surface area contributed by atoms with Gasteiger partial charge in [0.05, 0.1) is 17.6 Å². The number of thioether (sulfide) groups is 1. The standard InChI is InChI=1S/C9H9N3OS/c10-8-2-1-4-11-9(8)14-6-7-3-5-12-13-7/h1-5H,6,10H2. The first-order valence-electron chi connectivity index (χ1n) is 4.09. The van der Waals surface area contributed by atoms with E-state index in [2.05, 4.69) is 10.1 Å². The minimum Gasteiger partial charge on any atom is -0.397 e. The van der Waals surface area contributed by atoms with E-state index in [0.29, 0.717) is 11.4 Å². The van der Waals surface area contributed by atoms with Gasteiger partial charge in [0, 0.05) is 12.3 Å². The zero-order valence-corrected chi connectivity index (χ0v) is 8.20. The van der Waals surface area contributed by atoms with E-state index in [-0.39, 0.29) is 0 Å². The normalized spacial score (nSPS) is 10.3. The van der Waals surface area contributed by atoms with Crippen LogP contribution in [0, 0.1) is 0 Å². The van der Waals surface area contributed by atoms with Crippen LogP contribution in [0.25, 0.3) is 0 Å². The number of nitrogen functional groups attached to an aromatic ring is 1. The first kappa shape index (κ1) is 9.08. The number of hydrogen-bond donors (Lipinski definition) is 1. The molecule has 0 unspecified atom stereocenters. The number of aromatic nitrogens is 2. The SMILES string of the molecule is Nc1cccnc1SCc1ccno1. The lowest BCUT2D eigenvalue weighted by Gasteiger charge is -2.00. The van der Waals surface area contributed by atoms with E-state index < -0.39 is 0 Å². The van der Waals surface area contributed by atoms with Gasteiger partial charge in [0.25, 0.3) is 0 Å². The van der Waals surface area contributed by atoms with E-state index in [1.54, 1.807) is 12.4 Å². The van der Waals surface area contributed by atoms with Gasteiger partial charge in [-0.05, 0) is 12.1 Å². The summed E-state index contributed by atoms with van der Waals surface area (Å²) in [6.07, 6.45) is 3.34. The third-order valence-electron chi connectivity index (χ3n) is 1.64. The van der Waals surface area contributed by atoms with Crippen molar-refractivity contribution >= 4 is 17.4 Å². The van der Waals surface area contributed by atoms with Gasteiger partial charge < -0.3 is 10.3 Å². The van der Waals surface area contributed by atoms with Crippen molar-refractivity contribution in [2.24, 2.45) is 0 Å². The summed E-state index contributed by atoms with van der Waals surface area (Å²) in [5, 5.41) is 4.44.